The topological polar surface area (TPSA) is 50.9 Å². The summed E-state index contributed by atoms with van der Waals surface area (Å²) >= 11 is 1.73. The van der Waals surface area contributed by atoms with Crippen molar-refractivity contribution in [1.82, 2.24) is 10.3 Å². The molecule has 2 unspecified atom stereocenters. The highest BCUT2D eigenvalue weighted by Gasteiger charge is 2.13. The Labute approximate surface area is 115 Å². The van der Waals surface area contributed by atoms with Gasteiger partial charge in [-0.25, -0.2) is 4.98 Å². The molecular formula is C14H27N3S. The Morgan fingerprint density at radius 1 is 1.44 bits per heavy atom. The number of aromatic nitrogens is 1. The molecule has 0 aromatic carbocycles. The van der Waals surface area contributed by atoms with Crippen molar-refractivity contribution in [2.24, 2.45) is 17.6 Å². The van der Waals surface area contributed by atoms with Gasteiger partial charge < -0.3 is 11.1 Å². The van der Waals surface area contributed by atoms with Crippen LogP contribution in [-0.4, -0.2) is 18.1 Å². The van der Waals surface area contributed by atoms with Crippen LogP contribution in [-0.2, 0) is 0 Å². The van der Waals surface area contributed by atoms with E-state index in [4.69, 9.17) is 5.73 Å². The third-order valence-electron chi connectivity index (χ3n) is 3.24. The minimum atomic E-state index is 0.405. The maximum atomic E-state index is 5.83. The quantitative estimate of drug-likeness (QED) is 0.724. The first-order valence-corrected chi connectivity index (χ1v) is 7.88. The van der Waals surface area contributed by atoms with Crippen LogP contribution in [0.2, 0.25) is 0 Å². The third kappa shape index (κ3) is 5.46. The molecule has 0 radical (unpaired) electrons. The van der Waals surface area contributed by atoms with E-state index >= 15 is 0 Å². The van der Waals surface area contributed by atoms with E-state index < -0.39 is 0 Å². The van der Waals surface area contributed by atoms with Crippen molar-refractivity contribution in [1.29, 1.82) is 0 Å². The molecule has 0 saturated heterocycles. The Kier molecular flexibility index (Phi) is 7.47. The van der Waals surface area contributed by atoms with E-state index in [0.29, 0.717) is 12.0 Å². The van der Waals surface area contributed by atoms with Gasteiger partial charge in [-0.1, -0.05) is 20.8 Å². The molecule has 0 spiro atoms. The van der Waals surface area contributed by atoms with Gasteiger partial charge >= 0.3 is 0 Å². The number of rotatable bonds is 9. The molecule has 0 bridgehead atoms. The van der Waals surface area contributed by atoms with Crippen LogP contribution >= 0.6 is 11.3 Å². The van der Waals surface area contributed by atoms with E-state index in [1.165, 1.54) is 11.4 Å². The second-order valence-electron chi connectivity index (χ2n) is 5.31. The van der Waals surface area contributed by atoms with Crippen LogP contribution in [0.4, 0.5) is 0 Å². The minimum absolute atomic E-state index is 0.405. The summed E-state index contributed by atoms with van der Waals surface area (Å²) in [4.78, 5) is 4.39. The normalized spacial score (nSPS) is 14.9. The molecule has 0 aliphatic carbocycles. The molecule has 1 aromatic rings. The predicted molar refractivity (Wildman–Crippen MR) is 79.8 cm³/mol. The molecule has 2 atom stereocenters. The maximum Gasteiger partial charge on any atom is 0.109 e. The highest BCUT2D eigenvalue weighted by molar-refractivity contribution is 7.09. The van der Waals surface area contributed by atoms with E-state index in [0.717, 1.165) is 31.8 Å². The van der Waals surface area contributed by atoms with E-state index in [1.807, 2.05) is 11.6 Å². The van der Waals surface area contributed by atoms with Crippen molar-refractivity contribution in [2.75, 3.05) is 13.1 Å². The summed E-state index contributed by atoms with van der Waals surface area (Å²) in [6.07, 6.45) is 5.36. The summed E-state index contributed by atoms with van der Waals surface area (Å²) in [6.45, 7) is 8.56. The van der Waals surface area contributed by atoms with Crippen LogP contribution in [0.1, 0.15) is 51.1 Å². The average molecular weight is 269 g/mol. The molecule has 3 N–H and O–H groups in total. The molecule has 1 rings (SSSR count). The van der Waals surface area contributed by atoms with E-state index in [9.17, 15) is 0 Å². The van der Waals surface area contributed by atoms with Crippen molar-refractivity contribution in [3.63, 3.8) is 0 Å². The summed E-state index contributed by atoms with van der Waals surface area (Å²) in [7, 11) is 0. The van der Waals surface area contributed by atoms with Crippen molar-refractivity contribution in [3.8, 4) is 0 Å². The molecule has 3 nitrogen and oxygen atoms in total. The number of nitrogens with two attached hydrogens (primary N) is 1. The summed E-state index contributed by atoms with van der Waals surface area (Å²) < 4.78 is 0. The number of hydrogen-bond acceptors (Lipinski definition) is 4. The fourth-order valence-electron chi connectivity index (χ4n) is 2.27. The number of nitrogens with one attached hydrogen (secondary N) is 1. The fraction of sp³-hybridized carbons (Fsp3) is 0.786. The third-order valence-corrected chi connectivity index (χ3v) is 4.13. The van der Waals surface area contributed by atoms with E-state index in [2.05, 4.69) is 31.1 Å². The van der Waals surface area contributed by atoms with E-state index in [-0.39, 0.29) is 0 Å². The first kappa shape index (κ1) is 15.6. The molecule has 0 amide bonds. The highest BCUT2D eigenvalue weighted by Crippen LogP contribution is 2.19. The molecule has 0 fully saturated rings. The van der Waals surface area contributed by atoms with Crippen molar-refractivity contribution < 1.29 is 0 Å². The highest BCUT2D eigenvalue weighted by atomic mass is 32.1. The smallest absolute Gasteiger partial charge is 0.109 e. The van der Waals surface area contributed by atoms with Crippen LogP contribution in [0.5, 0.6) is 0 Å². The van der Waals surface area contributed by atoms with Gasteiger partial charge in [0.15, 0.2) is 0 Å². The lowest BCUT2D eigenvalue weighted by atomic mass is 9.94. The molecule has 0 saturated carbocycles. The van der Waals surface area contributed by atoms with Gasteiger partial charge in [-0.3, -0.25) is 0 Å². The monoisotopic (exact) mass is 269 g/mol. The predicted octanol–water partition coefficient (Wildman–Crippen LogP) is 3.19. The summed E-state index contributed by atoms with van der Waals surface area (Å²) in [5, 5.41) is 6.84. The van der Waals surface area contributed by atoms with E-state index in [1.54, 1.807) is 11.3 Å². The molecule has 104 valence electrons. The lowest BCUT2D eigenvalue weighted by Gasteiger charge is -2.19. The summed E-state index contributed by atoms with van der Waals surface area (Å²) in [6, 6.07) is 0.405. The fourth-order valence-corrected chi connectivity index (χ4v) is 3.07. The molecule has 0 aliphatic heterocycles. The van der Waals surface area contributed by atoms with Gasteiger partial charge in [0.1, 0.15) is 5.01 Å². The zero-order valence-electron chi connectivity index (χ0n) is 11.9. The first-order valence-electron chi connectivity index (χ1n) is 7.00. The minimum Gasteiger partial charge on any atom is -0.330 e. The number of hydrogen-bond donors (Lipinski definition) is 2. The largest absolute Gasteiger partial charge is 0.330 e. The van der Waals surface area contributed by atoms with Gasteiger partial charge in [-0.2, -0.15) is 0 Å². The average Bonchev–Trinajstić information content (AvgIpc) is 2.86. The Hall–Kier alpha value is -0.450. The standard InChI is InChI=1S/C14H27N3S/c1-4-13(14-17-7-8-18-14)16-6-5-12(10-15)9-11(2)3/h7-8,11-13,16H,4-6,9-10,15H2,1-3H3. The van der Waals surface area contributed by atoms with Crippen molar-refractivity contribution >= 4 is 11.3 Å². The Balaban J connectivity index is 2.30. The molecule has 1 heterocycles. The number of nitrogens with zero attached hydrogens (tertiary/aromatic N) is 1. The van der Waals surface area contributed by atoms with Gasteiger partial charge in [0.25, 0.3) is 0 Å². The van der Waals surface area contributed by atoms with Gasteiger partial charge in [-0.15, -0.1) is 11.3 Å². The molecular weight excluding hydrogens is 242 g/mol. The SMILES string of the molecule is CCC(NCCC(CN)CC(C)C)c1nccs1. The second-order valence-corrected chi connectivity index (χ2v) is 6.23. The maximum absolute atomic E-state index is 5.83. The second kappa shape index (κ2) is 8.62. The van der Waals surface area contributed by atoms with Crippen LogP contribution in [0.3, 0.4) is 0 Å². The lowest BCUT2D eigenvalue weighted by molar-refractivity contribution is 0.373. The van der Waals surface area contributed by atoms with Crippen molar-refractivity contribution in [3.05, 3.63) is 16.6 Å². The van der Waals surface area contributed by atoms with Gasteiger partial charge in [-0.05, 0) is 44.2 Å². The molecule has 18 heavy (non-hydrogen) atoms. The van der Waals surface area contributed by atoms with Crippen molar-refractivity contribution in [2.45, 2.75) is 46.1 Å². The molecule has 0 aliphatic rings. The van der Waals surface area contributed by atoms with Gasteiger partial charge in [0.05, 0.1) is 6.04 Å². The number of thiazole rings is 1. The van der Waals surface area contributed by atoms with Crippen LogP contribution in [0, 0.1) is 11.8 Å². The summed E-state index contributed by atoms with van der Waals surface area (Å²) in [5.74, 6) is 1.38. The molecule has 1 aromatic heterocycles. The van der Waals surface area contributed by atoms with Crippen LogP contribution in [0.15, 0.2) is 11.6 Å². The zero-order chi connectivity index (χ0) is 13.4. The Bertz CT molecular complexity index is 298. The van der Waals surface area contributed by atoms with Crippen LogP contribution < -0.4 is 11.1 Å². The Morgan fingerprint density at radius 3 is 2.72 bits per heavy atom. The van der Waals surface area contributed by atoms with Gasteiger partial charge in [0, 0.05) is 11.6 Å². The Morgan fingerprint density at radius 2 is 2.22 bits per heavy atom. The lowest BCUT2D eigenvalue weighted by Crippen LogP contribution is -2.26. The zero-order valence-corrected chi connectivity index (χ0v) is 12.7. The molecule has 4 heteroatoms. The van der Waals surface area contributed by atoms with Gasteiger partial charge in [0.2, 0.25) is 0 Å². The first-order chi connectivity index (χ1) is 8.67. The van der Waals surface area contributed by atoms with Crippen LogP contribution in [0.25, 0.3) is 0 Å². The summed E-state index contributed by atoms with van der Waals surface area (Å²) in [5.41, 5.74) is 5.83.